The van der Waals surface area contributed by atoms with E-state index in [1.54, 1.807) is 24.3 Å². The van der Waals surface area contributed by atoms with Crippen LogP contribution in [0.4, 0.5) is 0 Å². The van der Waals surface area contributed by atoms with Crippen LogP contribution in [-0.4, -0.2) is 16.5 Å². The molecule has 0 aromatic heterocycles. The molecule has 0 fully saturated rings. The van der Waals surface area contributed by atoms with E-state index in [4.69, 9.17) is 28.3 Å². The van der Waals surface area contributed by atoms with Gasteiger partial charge in [0.15, 0.2) is 0 Å². The van der Waals surface area contributed by atoms with Crippen LogP contribution in [0.3, 0.4) is 0 Å². The zero-order chi connectivity index (χ0) is 9.84. The number of carboxylic acids is 1. The number of carboxylic acid groups (broad SMARTS) is 1. The van der Waals surface area contributed by atoms with Gasteiger partial charge >= 0.3 is 5.97 Å². The topological polar surface area (TPSA) is 37.3 Å². The van der Waals surface area contributed by atoms with Crippen LogP contribution in [0.1, 0.15) is 5.56 Å². The Morgan fingerprint density at radius 3 is 2.38 bits per heavy atom. The smallest absolute Gasteiger partial charge is 0.321 e. The zero-order valence-electron chi connectivity index (χ0n) is 6.71. The number of alkyl halides is 1. The van der Waals surface area contributed by atoms with Crippen LogP contribution >= 0.6 is 23.2 Å². The van der Waals surface area contributed by atoms with Crippen molar-refractivity contribution in [2.45, 2.75) is 11.8 Å². The van der Waals surface area contributed by atoms with Gasteiger partial charge in [0.25, 0.3) is 0 Å². The predicted octanol–water partition coefficient (Wildman–Crippen LogP) is 2.57. The van der Waals surface area contributed by atoms with E-state index in [1.165, 1.54) is 0 Å². The highest BCUT2D eigenvalue weighted by molar-refractivity contribution is 6.30. The molecule has 13 heavy (non-hydrogen) atoms. The van der Waals surface area contributed by atoms with Gasteiger partial charge in [0.1, 0.15) is 5.38 Å². The maximum atomic E-state index is 10.4. The van der Waals surface area contributed by atoms with Gasteiger partial charge in [0.2, 0.25) is 0 Å². The quantitative estimate of drug-likeness (QED) is 0.793. The molecule has 0 aliphatic carbocycles. The Labute approximate surface area is 86.1 Å². The first kappa shape index (κ1) is 10.4. The van der Waals surface area contributed by atoms with Crippen LogP contribution in [0, 0.1) is 0 Å². The molecule has 0 saturated heterocycles. The van der Waals surface area contributed by atoms with E-state index < -0.39 is 11.3 Å². The summed E-state index contributed by atoms with van der Waals surface area (Å²) < 4.78 is 0. The van der Waals surface area contributed by atoms with E-state index >= 15 is 0 Å². The van der Waals surface area contributed by atoms with Crippen molar-refractivity contribution in [2.75, 3.05) is 0 Å². The first-order chi connectivity index (χ1) is 6.09. The number of rotatable bonds is 3. The molecule has 0 spiro atoms. The van der Waals surface area contributed by atoms with Gasteiger partial charge in [0, 0.05) is 5.02 Å². The predicted molar refractivity (Wildman–Crippen MR) is 52.4 cm³/mol. The van der Waals surface area contributed by atoms with Crippen LogP contribution in [-0.2, 0) is 11.2 Å². The molecule has 0 saturated carbocycles. The van der Waals surface area contributed by atoms with Gasteiger partial charge in [-0.05, 0) is 24.1 Å². The molecule has 2 nitrogen and oxygen atoms in total. The lowest BCUT2D eigenvalue weighted by Gasteiger charge is -2.03. The molecule has 4 heteroatoms. The molecular formula is C9H8Cl2O2. The van der Waals surface area contributed by atoms with Crippen molar-refractivity contribution in [2.24, 2.45) is 0 Å². The zero-order valence-corrected chi connectivity index (χ0v) is 8.22. The van der Waals surface area contributed by atoms with Crippen molar-refractivity contribution in [3.63, 3.8) is 0 Å². The fourth-order valence-corrected chi connectivity index (χ4v) is 1.22. The Hall–Kier alpha value is -0.730. The van der Waals surface area contributed by atoms with Gasteiger partial charge in [-0.2, -0.15) is 0 Å². The molecule has 1 rings (SSSR count). The third-order valence-corrected chi connectivity index (χ3v) is 2.19. The Morgan fingerprint density at radius 2 is 1.92 bits per heavy atom. The normalized spacial score (nSPS) is 12.5. The summed E-state index contributed by atoms with van der Waals surface area (Å²) in [6.07, 6.45) is 0.314. The van der Waals surface area contributed by atoms with Crippen LogP contribution in [0.5, 0.6) is 0 Å². The molecular weight excluding hydrogens is 211 g/mol. The molecule has 1 N–H and O–H groups in total. The SMILES string of the molecule is O=C(O)[C@@H](Cl)Cc1ccc(Cl)cc1. The standard InChI is InChI=1S/C9H8Cl2O2/c10-7-3-1-6(2-4-7)5-8(11)9(12)13/h1-4,8H,5H2,(H,12,13)/t8-/m0/s1. The van der Waals surface area contributed by atoms with E-state index in [0.29, 0.717) is 11.4 Å². The molecule has 0 aliphatic heterocycles. The maximum absolute atomic E-state index is 10.4. The van der Waals surface area contributed by atoms with E-state index in [2.05, 4.69) is 0 Å². The molecule has 0 aliphatic rings. The largest absolute Gasteiger partial charge is 0.480 e. The van der Waals surface area contributed by atoms with Crippen LogP contribution in [0.2, 0.25) is 5.02 Å². The Morgan fingerprint density at radius 1 is 1.38 bits per heavy atom. The summed E-state index contributed by atoms with van der Waals surface area (Å²) in [5.41, 5.74) is 0.867. The van der Waals surface area contributed by atoms with Crippen molar-refractivity contribution in [1.82, 2.24) is 0 Å². The lowest BCUT2D eigenvalue weighted by Crippen LogP contribution is -2.15. The minimum absolute atomic E-state index is 0.314. The number of hydrogen-bond acceptors (Lipinski definition) is 1. The van der Waals surface area contributed by atoms with Crippen molar-refractivity contribution in [3.05, 3.63) is 34.9 Å². The number of hydrogen-bond donors (Lipinski definition) is 1. The van der Waals surface area contributed by atoms with Gasteiger partial charge in [-0.1, -0.05) is 23.7 Å². The summed E-state index contributed by atoms with van der Waals surface area (Å²) in [5, 5.41) is 8.30. The van der Waals surface area contributed by atoms with Crippen LogP contribution in [0.25, 0.3) is 0 Å². The minimum atomic E-state index is -1.00. The fraction of sp³-hybridized carbons (Fsp3) is 0.222. The lowest BCUT2D eigenvalue weighted by atomic mass is 10.1. The molecule has 0 heterocycles. The molecule has 1 aromatic carbocycles. The molecule has 70 valence electrons. The van der Waals surface area contributed by atoms with Gasteiger partial charge in [-0.3, -0.25) is 4.79 Å². The highest BCUT2D eigenvalue weighted by Crippen LogP contribution is 2.13. The first-order valence-electron chi connectivity index (χ1n) is 3.71. The van der Waals surface area contributed by atoms with E-state index in [9.17, 15) is 4.79 Å². The van der Waals surface area contributed by atoms with E-state index in [-0.39, 0.29) is 0 Å². The molecule has 0 radical (unpaired) electrons. The molecule has 0 unspecified atom stereocenters. The number of halogens is 2. The first-order valence-corrected chi connectivity index (χ1v) is 4.52. The minimum Gasteiger partial charge on any atom is -0.480 e. The van der Waals surface area contributed by atoms with Crippen LogP contribution < -0.4 is 0 Å². The van der Waals surface area contributed by atoms with Gasteiger partial charge in [-0.25, -0.2) is 0 Å². The summed E-state index contributed by atoms with van der Waals surface area (Å²) in [4.78, 5) is 10.4. The summed E-state index contributed by atoms with van der Waals surface area (Å²) in [5.74, 6) is -1.00. The Balaban J connectivity index is 2.64. The van der Waals surface area contributed by atoms with Gasteiger partial charge in [0.05, 0.1) is 0 Å². The number of aliphatic carboxylic acids is 1. The van der Waals surface area contributed by atoms with E-state index in [1.807, 2.05) is 0 Å². The fourth-order valence-electron chi connectivity index (χ4n) is 0.915. The third kappa shape index (κ3) is 3.25. The van der Waals surface area contributed by atoms with Gasteiger partial charge < -0.3 is 5.11 Å². The number of carbonyl (C=O) groups is 1. The molecule has 0 amide bonds. The van der Waals surface area contributed by atoms with Crippen molar-refractivity contribution in [1.29, 1.82) is 0 Å². The monoisotopic (exact) mass is 218 g/mol. The summed E-state index contributed by atoms with van der Waals surface area (Å²) in [7, 11) is 0. The third-order valence-electron chi connectivity index (χ3n) is 1.60. The Bertz CT molecular complexity index is 295. The Kier molecular flexibility index (Phi) is 3.58. The molecule has 1 atom stereocenters. The van der Waals surface area contributed by atoms with Crippen molar-refractivity contribution < 1.29 is 9.90 Å². The van der Waals surface area contributed by atoms with Gasteiger partial charge in [-0.15, -0.1) is 11.6 Å². The highest BCUT2D eigenvalue weighted by atomic mass is 35.5. The second-order valence-corrected chi connectivity index (χ2v) is 3.60. The van der Waals surface area contributed by atoms with Crippen molar-refractivity contribution >= 4 is 29.2 Å². The summed E-state index contributed by atoms with van der Waals surface area (Å²) in [6.45, 7) is 0. The van der Waals surface area contributed by atoms with E-state index in [0.717, 1.165) is 5.56 Å². The highest BCUT2D eigenvalue weighted by Gasteiger charge is 2.13. The molecule has 0 bridgehead atoms. The average Bonchev–Trinajstić information content (AvgIpc) is 2.08. The number of benzene rings is 1. The second kappa shape index (κ2) is 4.49. The summed E-state index contributed by atoms with van der Waals surface area (Å²) >= 11 is 11.2. The lowest BCUT2D eigenvalue weighted by molar-refractivity contribution is -0.136. The average molecular weight is 219 g/mol. The second-order valence-electron chi connectivity index (χ2n) is 2.64. The maximum Gasteiger partial charge on any atom is 0.321 e. The molecule has 1 aromatic rings. The van der Waals surface area contributed by atoms with Crippen LogP contribution in [0.15, 0.2) is 24.3 Å². The summed E-state index contributed by atoms with van der Waals surface area (Å²) in [6, 6.07) is 6.95. The van der Waals surface area contributed by atoms with Crippen molar-refractivity contribution in [3.8, 4) is 0 Å².